The number of aromatic nitrogens is 3. The molecule has 1 N–H and O–H groups in total. The zero-order valence-electron chi connectivity index (χ0n) is 13.5. The van der Waals surface area contributed by atoms with Crippen LogP contribution in [-0.4, -0.2) is 69.3 Å². The first-order valence-electron chi connectivity index (χ1n) is 8.27. The van der Waals surface area contributed by atoms with E-state index in [1.807, 2.05) is 16.5 Å². The van der Waals surface area contributed by atoms with E-state index in [0.717, 1.165) is 37.5 Å². The first-order chi connectivity index (χ1) is 11.7. The standard InChI is InChI=1S/C16H21N5O2S/c22-15(13-9-18-19-10-13)21-6-7-23-16(12-21)1-4-20(5-2-16)11-14-17-3-8-24-14/h3,8-10H,1-2,4-7,11-12H2,(H,18,19). The fraction of sp³-hybridized carbons (Fsp3) is 0.562. The van der Waals surface area contributed by atoms with E-state index in [2.05, 4.69) is 20.1 Å². The molecule has 2 aliphatic heterocycles. The molecule has 2 fully saturated rings. The molecule has 4 heterocycles. The van der Waals surface area contributed by atoms with Crippen LogP contribution < -0.4 is 0 Å². The van der Waals surface area contributed by atoms with Crippen molar-refractivity contribution in [3.8, 4) is 0 Å². The lowest BCUT2D eigenvalue weighted by molar-refractivity contribution is -0.127. The Hall–Kier alpha value is -1.77. The highest BCUT2D eigenvalue weighted by atomic mass is 32.1. The third kappa shape index (κ3) is 3.22. The fourth-order valence-corrected chi connectivity index (χ4v) is 4.17. The second-order valence-electron chi connectivity index (χ2n) is 6.45. The van der Waals surface area contributed by atoms with Crippen LogP contribution in [0.3, 0.4) is 0 Å². The number of carbonyl (C=O) groups is 1. The summed E-state index contributed by atoms with van der Waals surface area (Å²) in [6, 6.07) is 0. The highest BCUT2D eigenvalue weighted by molar-refractivity contribution is 7.09. The SMILES string of the molecule is O=C(c1cn[nH]c1)N1CCOC2(CCN(Cc3nccs3)CC2)C1. The Bertz CT molecular complexity index is 665. The molecular formula is C16H21N5O2S. The third-order valence-electron chi connectivity index (χ3n) is 4.89. The topological polar surface area (TPSA) is 74.3 Å². The van der Waals surface area contributed by atoms with Crippen molar-refractivity contribution in [2.45, 2.75) is 25.0 Å². The van der Waals surface area contributed by atoms with Crippen LogP contribution in [0.5, 0.6) is 0 Å². The Morgan fingerprint density at radius 1 is 1.38 bits per heavy atom. The van der Waals surface area contributed by atoms with Crippen molar-refractivity contribution in [1.29, 1.82) is 0 Å². The summed E-state index contributed by atoms with van der Waals surface area (Å²) < 4.78 is 6.13. The molecule has 0 atom stereocenters. The molecular weight excluding hydrogens is 326 g/mol. The van der Waals surface area contributed by atoms with Gasteiger partial charge in [0.2, 0.25) is 0 Å². The summed E-state index contributed by atoms with van der Waals surface area (Å²) in [7, 11) is 0. The van der Waals surface area contributed by atoms with Gasteiger partial charge in [-0.3, -0.25) is 14.8 Å². The molecule has 7 nitrogen and oxygen atoms in total. The predicted molar refractivity (Wildman–Crippen MR) is 89.8 cm³/mol. The molecule has 2 aromatic heterocycles. The van der Waals surface area contributed by atoms with Crippen LogP contribution in [0.15, 0.2) is 24.0 Å². The molecule has 128 valence electrons. The van der Waals surface area contributed by atoms with Crippen LogP contribution in [0.4, 0.5) is 0 Å². The number of thiazole rings is 1. The number of hydrogen-bond acceptors (Lipinski definition) is 6. The highest BCUT2D eigenvalue weighted by Crippen LogP contribution is 2.31. The van der Waals surface area contributed by atoms with Gasteiger partial charge in [-0.25, -0.2) is 4.98 Å². The van der Waals surface area contributed by atoms with Gasteiger partial charge in [-0.1, -0.05) is 0 Å². The Morgan fingerprint density at radius 2 is 2.25 bits per heavy atom. The highest BCUT2D eigenvalue weighted by Gasteiger charge is 2.41. The summed E-state index contributed by atoms with van der Waals surface area (Å²) >= 11 is 1.70. The third-order valence-corrected chi connectivity index (χ3v) is 5.65. The van der Waals surface area contributed by atoms with Gasteiger partial charge in [0.05, 0.1) is 37.1 Å². The predicted octanol–water partition coefficient (Wildman–Crippen LogP) is 1.37. The maximum absolute atomic E-state index is 12.6. The Labute approximate surface area is 144 Å². The van der Waals surface area contributed by atoms with E-state index >= 15 is 0 Å². The number of nitrogens with one attached hydrogen (secondary N) is 1. The second-order valence-corrected chi connectivity index (χ2v) is 7.43. The number of nitrogens with zero attached hydrogens (tertiary/aromatic N) is 4. The van der Waals surface area contributed by atoms with E-state index in [1.165, 1.54) is 0 Å². The number of likely N-dealkylation sites (tertiary alicyclic amines) is 1. The van der Waals surface area contributed by atoms with Crippen molar-refractivity contribution in [1.82, 2.24) is 25.0 Å². The zero-order valence-corrected chi connectivity index (χ0v) is 14.3. The average Bonchev–Trinajstić information content (AvgIpc) is 3.30. The number of carbonyl (C=O) groups excluding carboxylic acids is 1. The molecule has 4 rings (SSSR count). The maximum atomic E-state index is 12.6. The number of piperidine rings is 1. The van der Waals surface area contributed by atoms with E-state index in [4.69, 9.17) is 4.74 Å². The number of amides is 1. The van der Waals surface area contributed by atoms with E-state index in [9.17, 15) is 4.79 Å². The van der Waals surface area contributed by atoms with Gasteiger partial charge in [0, 0.05) is 37.4 Å². The molecule has 8 heteroatoms. The molecule has 2 saturated heterocycles. The van der Waals surface area contributed by atoms with Crippen LogP contribution in [0.25, 0.3) is 0 Å². The molecule has 0 unspecified atom stereocenters. The summed E-state index contributed by atoms with van der Waals surface area (Å²) in [4.78, 5) is 21.2. The molecule has 0 saturated carbocycles. The molecule has 2 aliphatic rings. The Kier molecular flexibility index (Phi) is 4.34. The van der Waals surface area contributed by atoms with E-state index in [-0.39, 0.29) is 11.5 Å². The van der Waals surface area contributed by atoms with Gasteiger partial charge >= 0.3 is 0 Å². The van der Waals surface area contributed by atoms with Gasteiger partial charge < -0.3 is 9.64 Å². The number of aromatic amines is 1. The van der Waals surface area contributed by atoms with Crippen molar-refractivity contribution in [2.24, 2.45) is 0 Å². The lowest BCUT2D eigenvalue weighted by Gasteiger charge is -2.47. The van der Waals surface area contributed by atoms with Crippen molar-refractivity contribution in [2.75, 3.05) is 32.8 Å². The summed E-state index contributed by atoms with van der Waals surface area (Å²) in [5.41, 5.74) is 0.421. The van der Waals surface area contributed by atoms with Crippen molar-refractivity contribution < 1.29 is 9.53 Å². The molecule has 0 bridgehead atoms. The number of morpholine rings is 1. The van der Waals surface area contributed by atoms with Gasteiger partial charge in [0.1, 0.15) is 5.01 Å². The lowest BCUT2D eigenvalue weighted by Crippen LogP contribution is -2.57. The van der Waals surface area contributed by atoms with Gasteiger partial charge in [-0.2, -0.15) is 5.10 Å². The van der Waals surface area contributed by atoms with Crippen LogP contribution in [0, 0.1) is 0 Å². The first-order valence-corrected chi connectivity index (χ1v) is 9.15. The number of H-pyrrole nitrogens is 1. The maximum Gasteiger partial charge on any atom is 0.257 e. The second kappa shape index (κ2) is 6.62. The normalized spacial score (nSPS) is 21.2. The molecule has 1 spiro atoms. The molecule has 0 aliphatic carbocycles. The minimum Gasteiger partial charge on any atom is -0.371 e. The van der Waals surface area contributed by atoms with Crippen LogP contribution in [0.2, 0.25) is 0 Å². The average molecular weight is 347 g/mol. The quantitative estimate of drug-likeness (QED) is 0.908. The van der Waals surface area contributed by atoms with Gasteiger partial charge in [-0.05, 0) is 12.8 Å². The summed E-state index contributed by atoms with van der Waals surface area (Å²) in [6.45, 7) is 4.79. The number of hydrogen-bond donors (Lipinski definition) is 1. The van der Waals surface area contributed by atoms with Gasteiger partial charge in [0.15, 0.2) is 0 Å². The molecule has 2 aromatic rings. The smallest absolute Gasteiger partial charge is 0.257 e. The van der Waals surface area contributed by atoms with Gasteiger partial charge in [-0.15, -0.1) is 11.3 Å². The van der Waals surface area contributed by atoms with Gasteiger partial charge in [0.25, 0.3) is 5.91 Å². The first kappa shape index (κ1) is 15.7. The van der Waals surface area contributed by atoms with E-state index in [0.29, 0.717) is 25.3 Å². The monoisotopic (exact) mass is 347 g/mol. The Balaban J connectivity index is 1.36. The van der Waals surface area contributed by atoms with E-state index in [1.54, 1.807) is 23.7 Å². The number of ether oxygens (including phenoxy) is 1. The van der Waals surface area contributed by atoms with Crippen molar-refractivity contribution >= 4 is 17.2 Å². The number of rotatable bonds is 3. The summed E-state index contributed by atoms with van der Waals surface area (Å²) in [5.74, 6) is 0.0386. The lowest BCUT2D eigenvalue weighted by atomic mass is 9.89. The van der Waals surface area contributed by atoms with Crippen molar-refractivity contribution in [3.63, 3.8) is 0 Å². The van der Waals surface area contributed by atoms with Crippen LogP contribution >= 0.6 is 11.3 Å². The molecule has 1 amide bonds. The Morgan fingerprint density at radius 3 is 2.96 bits per heavy atom. The van der Waals surface area contributed by atoms with Crippen LogP contribution in [0.1, 0.15) is 28.2 Å². The molecule has 0 radical (unpaired) electrons. The fourth-order valence-electron chi connectivity index (χ4n) is 3.51. The minimum absolute atomic E-state index is 0.0386. The zero-order chi connectivity index (χ0) is 16.4. The summed E-state index contributed by atoms with van der Waals surface area (Å²) in [5, 5.41) is 9.76. The summed E-state index contributed by atoms with van der Waals surface area (Å²) in [6.07, 6.45) is 7.00. The largest absolute Gasteiger partial charge is 0.371 e. The minimum atomic E-state index is -0.197. The molecule has 0 aromatic carbocycles. The molecule has 24 heavy (non-hydrogen) atoms. The van der Waals surface area contributed by atoms with Crippen LogP contribution in [-0.2, 0) is 11.3 Å². The van der Waals surface area contributed by atoms with E-state index < -0.39 is 0 Å². The van der Waals surface area contributed by atoms with Crippen molar-refractivity contribution in [3.05, 3.63) is 34.5 Å².